The van der Waals surface area contributed by atoms with Crippen molar-refractivity contribution in [2.75, 3.05) is 6.54 Å². The first kappa shape index (κ1) is 16.2. The van der Waals surface area contributed by atoms with E-state index in [4.69, 9.17) is 0 Å². The summed E-state index contributed by atoms with van der Waals surface area (Å²) >= 11 is 4.91. The lowest BCUT2D eigenvalue weighted by molar-refractivity contribution is 0.0557. The predicted octanol–water partition coefficient (Wildman–Crippen LogP) is 4.30. The van der Waals surface area contributed by atoms with Crippen molar-refractivity contribution in [3.8, 4) is 0 Å². The van der Waals surface area contributed by atoms with Crippen LogP contribution in [0.4, 0.5) is 0 Å². The number of hydrogen-bond acceptors (Lipinski definition) is 3. The second kappa shape index (κ2) is 6.43. The first-order valence-corrected chi connectivity index (χ1v) is 8.82. The van der Waals surface area contributed by atoms with Gasteiger partial charge in [0.25, 0.3) is 5.91 Å². The number of benzene rings is 2. The highest BCUT2D eigenvalue weighted by molar-refractivity contribution is 9.10. The highest BCUT2D eigenvalue weighted by atomic mass is 79.9. The first-order chi connectivity index (χ1) is 11.0. The Morgan fingerprint density at radius 2 is 1.91 bits per heavy atom. The van der Waals surface area contributed by atoms with Gasteiger partial charge in [-0.3, -0.25) is 4.79 Å². The fourth-order valence-corrected chi connectivity index (χ4v) is 3.90. The van der Waals surface area contributed by atoms with Crippen LogP contribution in [0, 0.1) is 0 Å². The van der Waals surface area contributed by atoms with Crippen LogP contribution in [-0.4, -0.2) is 17.6 Å². The van der Waals surface area contributed by atoms with E-state index in [-0.39, 0.29) is 12.5 Å². The lowest BCUT2D eigenvalue weighted by atomic mass is 10.0. The lowest BCUT2D eigenvalue weighted by Crippen LogP contribution is -2.38. The summed E-state index contributed by atoms with van der Waals surface area (Å²) in [4.78, 5) is 13.1. The molecule has 2 N–H and O–H groups in total. The Bertz CT molecular complexity index is 824. The van der Waals surface area contributed by atoms with E-state index in [0.29, 0.717) is 5.56 Å². The van der Waals surface area contributed by atoms with E-state index in [2.05, 4.69) is 21.2 Å². The third-order valence-corrected chi connectivity index (χ3v) is 5.73. The number of hydrogen-bond donors (Lipinski definition) is 2. The van der Waals surface area contributed by atoms with Gasteiger partial charge in [-0.1, -0.05) is 30.3 Å². The molecule has 1 heterocycles. The van der Waals surface area contributed by atoms with Crippen LogP contribution in [-0.2, 0) is 5.60 Å². The Hall–Kier alpha value is -1.69. The van der Waals surface area contributed by atoms with Gasteiger partial charge in [0.05, 0.1) is 12.1 Å². The molecule has 23 heavy (non-hydrogen) atoms. The molecule has 0 saturated carbocycles. The maximum absolute atomic E-state index is 12.3. The smallest absolute Gasteiger partial charge is 0.252 e. The molecule has 0 spiro atoms. The van der Waals surface area contributed by atoms with Crippen LogP contribution in [0.1, 0.15) is 22.2 Å². The molecule has 3 nitrogen and oxygen atoms in total. The molecule has 3 rings (SSSR count). The average molecular weight is 390 g/mol. The summed E-state index contributed by atoms with van der Waals surface area (Å²) in [5, 5.41) is 14.6. The van der Waals surface area contributed by atoms with Gasteiger partial charge in [-0.25, -0.2) is 0 Å². The molecule has 0 fully saturated rings. The molecular weight excluding hydrogens is 374 g/mol. The van der Waals surface area contributed by atoms with Gasteiger partial charge < -0.3 is 10.4 Å². The van der Waals surface area contributed by atoms with Crippen LogP contribution >= 0.6 is 27.3 Å². The van der Waals surface area contributed by atoms with Crippen molar-refractivity contribution >= 4 is 43.3 Å². The number of aliphatic hydroxyl groups is 1. The summed E-state index contributed by atoms with van der Waals surface area (Å²) in [6.07, 6.45) is 0. The molecule has 1 atom stereocenters. The number of fused-ring (bicyclic) bond motifs is 1. The molecule has 0 saturated heterocycles. The Balaban J connectivity index is 1.76. The van der Waals surface area contributed by atoms with Crippen LogP contribution in [0.25, 0.3) is 10.1 Å². The van der Waals surface area contributed by atoms with Crippen LogP contribution in [0.3, 0.4) is 0 Å². The molecule has 1 aromatic heterocycles. The zero-order valence-corrected chi connectivity index (χ0v) is 14.9. The van der Waals surface area contributed by atoms with Crippen LogP contribution in [0.15, 0.2) is 59.1 Å². The molecule has 0 aliphatic carbocycles. The van der Waals surface area contributed by atoms with Crippen molar-refractivity contribution in [3.63, 3.8) is 0 Å². The standard InChI is InChI=1S/C18H16BrNO2S/c1-18(22,16-10-12-6-2-5-9-15(12)23-16)11-20-17(21)13-7-3-4-8-14(13)19/h2-10,22H,11H2,1H3,(H,20,21). The Morgan fingerprint density at radius 1 is 1.22 bits per heavy atom. The molecule has 1 unspecified atom stereocenters. The summed E-state index contributed by atoms with van der Waals surface area (Å²) in [5.74, 6) is -0.209. The molecule has 2 aromatic carbocycles. The molecule has 0 bridgehead atoms. The van der Waals surface area contributed by atoms with Crippen molar-refractivity contribution in [2.24, 2.45) is 0 Å². The molecule has 0 aliphatic rings. The molecule has 118 valence electrons. The van der Waals surface area contributed by atoms with E-state index in [0.717, 1.165) is 19.4 Å². The number of carbonyl (C=O) groups excluding carboxylic acids is 1. The highest BCUT2D eigenvalue weighted by Crippen LogP contribution is 2.32. The number of carbonyl (C=O) groups is 1. The van der Waals surface area contributed by atoms with Gasteiger partial charge in [0.15, 0.2) is 0 Å². The van der Waals surface area contributed by atoms with Crippen LogP contribution in [0.2, 0.25) is 0 Å². The van der Waals surface area contributed by atoms with Gasteiger partial charge in [-0.15, -0.1) is 11.3 Å². The number of halogens is 1. The topological polar surface area (TPSA) is 49.3 Å². The number of amides is 1. The fraction of sp³-hybridized carbons (Fsp3) is 0.167. The molecule has 0 radical (unpaired) electrons. The summed E-state index contributed by atoms with van der Waals surface area (Å²) in [6.45, 7) is 1.87. The zero-order chi connectivity index (χ0) is 16.4. The minimum absolute atomic E-state index is 0.153. The average Bonchev–Trinajstić information content (AvgIpc) is 2.98. The van der Waals surface area contributed by atoms with Crippen molar-refractivity contribution in [2.45, 2.75) is 12.5 Å². The SMILES string of the molecule is CC(O)(CNC(=O)c1ccccc1Br)c1cc2ccccc2s1. The predicted molar refractivity (Wildman–Crippen MR) is 97.9 cm³/mol. The Kier molecular flexibility index (Phi) is 4.53. The van der Waals surface area contributed by atoms with Crippen LogP contribution in [0.5, 0.6) is 0 Å². The Labute approximate surface area is 147 Å². The zero-order valence-electron chi connectivity index (χ0n) is 12.5. The lowest BCUT2D eigenvalue weighted by Gasteiger charge is -2.22. The van der Waals surface area contributed by atoms with Crippen molar-refractivity contribution in [1.29, 1.82) is 0 Å². The van der Waals surface area contributed by atoms with Gasteiger partial charge in [-0.2, -0.15) is 0 Å². The summed E-state index contributed by atoms with van der Waals surface area (Å²) in [7, 11) is 0. The van der Waals surface area contributed by atoms with Gasteiger partial charge in [0.2, 0.25) is 0 Å². The molecule has 5 heteroatoms. The number of thiophene rings is 1. The van der Waals surface area contributed by atoms with Crippen molar-refractivity contribution < 1.29 is 9.90 Å². The Morgan fingerprint density at radius 3 is 2.65 bits per heavy atom. The summed E-state index contributed by atoms with van der Waals surface area (Å²) < 4.78 is 1.86. The van der Waals surface area contributed by atoms with Crippen molar-refractivity contribution in [3.05, 3.63) is 69.5 Å². The van der Waals surface area contributed by atoms with Gasteiger partial charge in [0.1, 0.15) is 5.60 Å². The van der Waals surface area contributed by atoms with Crippen molar-refractivity contribution in [1.82, 2.24) is 5.32 Å². The molecule has 3 aromatic rings. The molecule has 1 amide bonds. The summed E-state index contributed by atoms with van der Waals surface area (Å²) in [6, 6.07) is 17.2. The number of rotatable bonds is 4. The van der Waals surface area contributed by atoms with Gasteiger partial charge in [0, 0.05) is 14.0 Å². The van der Waals surface area contributed by atoms with E-state index in [9.17, 15) is 9.90 Å². The molecule has 0 aliphatic heterocycles. The summed E-state index contributed by atoms with van der Waals surface area (Å²) in [5.41, 5.74) is -0.555. The van der Waals surface area contributed by atoms with Gasteiger partial charge in [-0.05, 0) is 52.5 Å². The van der Waals surface area contributed by atoms with E-state index in [1.807, 2.05) is 48.5 Å². The third-order valence-electron chi connectivity index (χ3n) is 3.67. The maximum atomic E-state index is 12.3. The molecular formula is C18H16BrNO2S. The fourth-order valence-electron chi connectivity index (χ4n) is 2.33. The highest BCUT2D eigenvalue weighted by Gasteiger charge is 2.26. The largest absolute Gasteiger partial charge is 0.383 e. The van der Waals surface area contributed by atoms with Gasteiger partial charge >= 0.3 is 0 Å². The third kappa shape index (κ3) is 3.47. The normalized spacial score (nSPS) is 13.7. The second-order valence-corrected chi connectivity index (χ2v) is 7.52. The van der Waals surface area contributed by atoms with E-state index >= 15 is 0 Å². The van der Waals surface area contributed by atoms with E-state index in [1.54, 1.807) is 24.3 Å². The minimum atomic E-state index is -1.11. The quantitative estimate of drug-likeness (QED) is 0.698. The van der Waals surface area contributed by atoms with E-state index < -0.39 is 5.60 Å². The maximum Gasteiger partial charge on any atom is 0.252 e. The number of nitrogens with one attached hydrogen (secondary N) is 1. The van der Waals surface area contributed by atoms with E-state index in [1.165, 1.54) is 0 Å². The minimum Gasteiger partial charge on any atom is -0.383 e. The second-order valence-electron chi connectivity index (χ2n) is 5.58. The monoisotopic (exact) mass is 389 g/mol. The van der Waals surface area contributed by atoms with Crippen LogP contribution < -0.4 is 5.32 Å². The first-order valence-electron chi connectivity index (χ1n) is 7.21.